The van der Waals surface area contributed by atoms with Gasteiger partial charge in [0.1, 0.15) is 5.82 Å². The van der Waals surface area contributed by atoms with E-state index in [0.717, 1.165) is 16.6 Å². The average Bonchev–Trinajstić information content (AvgIpc) is 2.69. The summed E-state index contributed by atoms with van der Waals surface area (Å²) < 4.78 is 1.64. The lowest BCUT2D eigenvalue weighted by Crippen LogP contribution is -2.00. The van der Waals surface area contributed by atoms with E-state index in [0.29, 0.717) is 11.6 Å². The van der Waals surface area contributed by atoms with Gasteiger partial charge in [-0.15, -0.1) is 5.10 Å². The topological polar surface area (TPSA) is 69.6 Å². The Morgan fingerprint density at radius 1 is 1.18 bits per heavy atom. The quantitative estimate of drug-likeness (QED) is 0.684. The molecule has 2 N–H and O–H groups in total. The fraction of sp³-hybridized carbons (Fsp3) is 0.0833. The fourth-order valence-corrected chi connectivity index (χ4v) is 1.65. The van der Waals surface area contributed by atoms with Crippen molar-refractivity contribution in [3.63, 3.8) is 0 Å². The minimum absolute atomic E-state index is 0.514. The third-order valence-corrected chi connectivity index (χ3v) is 2.61. The van der Waals surface area contributed by atoms with Gasteiger partial charge in [-0.3, -0.25) is 4.98 Å². The molecule has 0 aliphatic rings. The number of aryl methyl sites for hydroxylation is 1. The molecule has 0 radical (unpaired) electrons. The van der Waals surface area contributed by atoms with Crippen molar-refractivity contribution in [1.29, 1.82) is 0 Å². The molecule has 3 rings (SSSR count). The second-order valence-electron chi connectivity index (χ2n) is 3.86. The molecule has 0 atom stereocenters. The Labute approximate surface area is 97.9 Å². The van der Waals surface area contributed by atoms with Gasteiger partial charge in [0.15, 0.2) is 5.82 Å². The van der Waals surface area contributed by atoms with Gasteiger partial charge in [0.2, 0.25) is 0 Å². The van der Waals surface area contributed by atoms with E-state index in [1.807, 2.05) is 37.4 Å². The molecule has 1 aromatic carbocycles. The molecule has 0 aliphatic carbocycles. The van der Waals surface area contributed by atoms with Crippen LogP contribution in [0, 0.1) is 6.92 Å². The van der Waals surface area contributed by atoms with Gasteiger partial charge in [-0.2, -0.15) is 0 Å². The maximum atomic E-state index is 5.71. The number of nitrogens with two attached hydrogens (primary N) is 1. The first kappa shape index (κ1) is 9.77. The number of benzene rings is 1. The van der Waals surface area contributed by atoms with Crippen LogP contribution in [-0.4, -0.2) is 19.7 Å². The van der Waals surface area contributed by atoms with Crippen molar-refractivity contribution in [2.45, 2.75) is 6.92 Å². The lowest BCUT2D eigenvalue weighted by molar-refractivity contribution is 0.850. The van der Waals surface area contributed by atoms with Crippen LogP contribution in [0.2, 0.25) is 0 Å². The van der Waals surface area contributed by atoms with E-state index in [1.165, 1.54) is 0 Å². The standard InChI is InChI=1S/C12H11N5/c1-8-7-17(16-12(8)13)11-6-14-9-4-2-3-5-10(9)15-11/h2-7H,1H3,(H2,13,16). The zero-order chi connectivity index (χ0) is 11.8. The van der Waals surface area contributed by atoms with E-state index in [9.17, 15) is 0 Å². The summed E-state index contributed by atoms with van der Waals surface area (Å²) in [4.78, 5) is 8.81. The lowest BCUT2D eigenvalue weighted by Gasteiger charge is -2.01. The highest BCUT2D eigenvalue weighted by Gasteiger charge is 2.05. The van der Waals surface area contributed by atoms with Crippen LogP contribution in [0.15, 0.2) is 36.7 Å². The van der Waals surface area contributed by atoms with Crippen LogP contribution in [0.1, 0.15) is 5.56 Å². The van der Waals surface area contributed by atoms with Crippen molar-refractivity contribution in [2.75, 3.05) is 5.73 Å². The van der Waals surface area contributed by atoms with Gasteiger partial charge in [-0.1, -0.05) is 12.1 Å². The van der Waals surface area contributed by atoms with Crippen molar-refractivity contribution in [1.82, 2.24) is 19.7 Å². The van der Waals surface area contributed by atoms with Crippen LogP contribution >= 0.6 is 0 Å². The molecule has 5 heteroatoms. The summed E-state index contributed by atoms with van der Waals surface area (Å²) in [6, 6.07) is 7.72. The first-order valence-corrected chi connectivity index (χ1v) is 5.28. The lowest BCUT2D eigenvalue weighted by atomic mass is 10.3. The second-order valence-corrected chi connectivity index (χ2v) is 3.86. The van der Waals surface area contributed by atoms with E-state index in [2.05, 4.69) is 15.1 Å². The van der Waals surface area contributed by atoms with Crippen molar-refractivity contribution in [2.24, 2.45) is 0 Å². The molecule has 3 aromatic rings. The summed E-state index contributed by atoms with van der Waals surface area (Å²) in [5.41, 5.74) is 8.35. The molecule has 0 saturated carbocycles. The number of anilines is 1. The zero-order valence-electron chi connectivity index (χ0n) is 9.33. The fourth-order valence-electron chi connectivity index (χ4n) is 1.65. The number of aromatic nitrogens is 4. The van der Waals surface area contributed by atoms with Crippen LogP contribution in [-0.2, 0) is 0 Å². The third kappa shape index (κ3) is 1.61. The first-order valence-electron chi connectivity index (χ1n) is 5.28. The Kier molecular flexibility index (Phi) is 2.04. The van der Waals surface area contributed by atoms with E-state index in [4.69, 9.17) is 5.73 Å². The molecule has 0 spiro atoms. The molecule has 84 valence electrons. The Morgan fingerprint density at radius 3 is 2.65 bits per heavy atom. The number of para-hydroxylation sites is 2. The summed E-state index contributed by atoms with van der Waals surface area (Å²) >= 11 is 0. The predicted octanol–water partition coefficient (Wildman–Crippen LogP) is 1.71. The normalized spacial score (nSPS) is 10.9. The number of rotatable bonds is 1. The van der Waals surface area contributed by atoms with E-state index >= 15 is 0 Å². The maximum absolute atomic E-state index is 5.71. The monoisotopic (exact) mass is 225 g/mol. The molecular weight excluding hydrogens is 214 g/mol. The van der Waals surface area contributed by atoms with Crippen molar-refractivity contribution in [3.05, 3.63) is 42.2 Å². The molecule has 0 bridgehead atoms. The van der Waals surface area contributed by atoms with E-state index in [1.54, 1.807) is 10.9 Å². The largest absolute Gasteiger partial charge is 0.382 e. The molecular formula is C12H11N5. The van der Waals surface area contributed by atoms with Gasteiger partial charge < -0.3 is 5.73 Å². The number of nitrogens with zero attached hydrogens (tertiary/aromatic N) is 4. The molecule has 0 unspecified atom stereocenters. The number of fused-ring (bicyclic) bond motifs is 1. The first-order chi connectivity index (χ1) is 8.24. The predicted molar refractivity (Wildman–Crippen MR) is 65.8 cm³/mol. The molecule has 2 heterocycles. The molecule has 17 heavy (non-hydrogen) atoms. The SMILES string of the molecule is Cc1cn(-c2cnc3ccccc3n2)nc1N. The smallest absolute Gasteiger partial charge is 0.172 e. The maximum Gasteiger partial charge on any atom is 0.172 e. The van der Waals surface area contributed by atoms with Crippen LogP contribution in [0.5, 0.6) is 0 Å². The zero-order valence-corrected chi connectivity index (χ0v) is 9.33. The summed E-state index contributed by atoms with van der Waals surface area (Å²) in [6.07, 6.45) is 3.53. The Balaban J connectivity index is 2.17. The van der Waals surface area contributed by atoms with E-state index < -0.39 is 0 Å². The number of nitrogen functional groups attached to an aromatic ring is 1. The summed E-state index contributed by atoms with van der Waals surface area (Å²) in [6.45, 7) is 1.91. The Bertz CT molecular complexity index is 667. The Hall–Kier alpha value is -2.43. The van der Waals surface area contributed by atoms with Crippen LogP contribution < -0.4 is 5.73 Å². The van der Waals surface area contributed by atoms with Gasteiger partial charge in [0.25, 0.3) is 0 Å². The average molecular weight is 225 g/mol. The van der Waals surface area contributed by atoms with Crippen molar-refractivity contribution in [3.8, 4) is 5.82 Å². The molecule has 2 aromatic heterocycles. The highest BCUT2D eigenvalue weighted by Crippen LogP contribution is 2.13. The highest BCUT2D eigenvalue weighted by atomic mass is 15.3. The molecule has 0 amide bonds. The highest BCUT2D eigenvalue weighted by molar-refractivity contribution is 5.74. The summed E-state index contributed by atoms with van der Waals surface area (Å²) in [7, 11) is 0. The van der Waals surface area contributed by atoms with Crippen molar-refractivity contribution < 1.29 is 0 Å². The number of hydrogen-bond acceptors (Lipinski definition) is 4. The van der Waals surface area contributed by atoms with Crippen molar-refractivity contribution >= 4 is 16.9 Å². The van der Waals surface area contributed by atoms with Crippen LogP contribution in [0.3, 0.4) is 0 Å². The van der Waals surface area contributed by atoms with Gasteiger partial charge in [0, 0.05) is 11.8 Å². The van der Waals surface area contributed by atoms with Gasteiger partial charge in [0.05, 0.1) is 17.2 Å². The molecule has 5 nitrogen and oxygen atoms in total. The van der Waals surface area contributed by atoms with E-state index in [-0.39, 0.29) is 0 Å². The van der Waals surface area contributed by atoms with Crippen LogP contribution in [0.25, 0.3) is 16.9 Å². The minimum Gasteiger partial charge on any atom is -0.382 e. The molecule has 0 aliphatic heterocycles. The number of hydrogen-bond donors (Lipinski definition) is 1. The van der Waals surface area contributed by atoms with Gasteiger partial charge in [-0.05, 0) is 19.1 Å². The Morgan fingerprint density at radius 2 is 1.94 bits per heavy atom. The third-order valence-electron chi connectivity index (χ3n) is 2.61. The van der Waals surface area contributed by atoms with Gasteiger partial charge in [-0.25, -0.2) is 9.67 Å². The summed E-state index contributed by atoms with van der Waals surface area (Å²) in [5.74, 6) is 1.18. The molecule has 0 fully saturated rings. The second kappa shape index (κ2) is 3.55. The minimum atomic E-state index is 0.514. The van der Waals surface area contributed by atoms with Crippen LogP contribution in [0.4, 0.5) is 5.82 Å². The summed E-state index contributed by atoms with van der Waals surface area (Å²) in [5, 5.41) is 4.18. The molecule has 0 saturated heterocycles. The van der Waals surface area contributed by atoms with Gasteiger partial charge >= 0.3 is 0 Å².